The first-order valence-electron chi connectivity index (χ1n) is 5.78. The quantitative estimate of drug-likeness (QED) is 0.503. The van der Waals surface area contributed by atoms with Gasteiger partial charge in [-0.3, -0.25) is 4.57 Å². The highest BCUT2D eigenvalue weighted by atomic mass is 79.9. The first-order valence-corrected chi connectivity index (χ1v) is 7.87. The largest absolute Gasteiger partial charge is 0.295 e. The van der Waals surface area contributed by atoms with Crippen molar-refractivity contribution < 1.29 is 0 Å². The smallest absolute Gasteiger partial charge is 0.129 e. The Morgan fingerprint density at radius 3 is 2.60 bits per heavy atom. The second kappa shape index (κ2) is 5.57. The van der Waals surface area contributed by atoms with Crippen molar-refractivity contribution in [3.63, 3.8) is 0 Å². The summed E-state index contributed by atoms with van der Waals surface area (Å²) in [6.45, 7) is 0. The molecule has 0 fully saturated rings. The lowest BCUT2D eigenvalue weighted by Gasteiger charge is -2.09. The Hall–Kier alpha value is -0.740. The highest BCUT2D eigenvalue weighted by Gasteiger charge is 2.13. The zero-order chi connectivity index (χ0) is 14.3. The second-order valence-corrected chi connectivity index (χ2v) is 6.19. The molecule has 0 aliphatic carbocycles. The number of fused-ring (bicyclic) bond motifs is 1. The van der Waals surface area contributed by atoms with E-state index >= 15 is 0 Å². The molecule has 3 rings (SSSR count). The molecule has 0 saturated heterocycles. The molecule has 2 aromatic carbocycles. The highest BCUT2D eigenvalue weighted by molar-refractivity contribution is 9.10. The summed E-state index contributed by atoms with van der Waals surface area (Å²) in [4.78, 5) is 4.52. The summed E-state index contributed by atoms with van der Waals surface area (Å²) in [7, 11) is 0. The van der Waals surface area contributed by atoms with Crippen LogP contribution in [0.15, 0.2) is 40.9 Å². The van der Waals surface area contributed by atoms with Gasteiger partial charge < -0.3 is 0 Å². The minimum atomic E-state index is 0.312. The van der Waals surface area contributed by atoms with Crippen LogP contribution in [0.25, 0.3) is 16.7 Å². The summed E-state index contributed by atoms with van der Waals surface area (Å²) >= 11 is 21.6. The Kier molecular flexibility index (Phi) is 3.95. The van der Waals surface area contributed by atoms with Gasteiger partial charge in [-0.2, -0.15) is 0 Å². The first kappa shape index (κ1) is 14.2. The van der Waals surface area contributed by atoms with E-state index in [4.69, 9.17) is 34.8 Å². The number of hydrogen-bond donors (Lipinski definition) is 0. The highest BCUT2D eigenvalue weighted by Crippen LogP contribution is 2.29. The van der Waals surface area contributed by atoms with Crippen molar-refractivity contribution in [2.24, 2.45) is 0 Å². The molecule has 6 heteroatoms. The lowest BCUT2D eigenvalue weighted by atomic mass is 10.2. The molecule has 2 nitrogen and oxygen atoms in total. The molecule has 0 aliphatic rings. The molecule has 0 bridgehead atoms. The molecule has 20 heavy (non-hydrogen) atoms. The summed E-state index contributed by atoms with van der Waals surface area (Å²) in [6.07, 6.45) is 0. The number of imidazole rings is 1. The molecule has 102 valence electrons. The van der Waals surface area contributed by atoms with Crippen molar-refractivity contribution in [3.05, 3.63) is 56.7 Å². The summed E-state index contributed by atoms with van der Waals surface area (Å²) in [5.41, 5.74) is 2.71. The third kappa shape index (κ3) is 2.44. The fourth-order valence-corrected chi connectivity index (χ4v) is 2.93. The summed E-state index contributed by atoms with van der Waals surface area (Å²) in [6, 6.07) is 11.3. The predicted molar refractivity (Wildman–Crippen MR) is 88.3 cm³/mol. The number of hydrogen-bond acceptors (Lipinski definition) is 1. The number of nitrogens with zero attached hydrogens (tertiary/aromatic N) is 2. The number of benzene rings is 2. The lowest BCUT2D eigenvalue weighted by molar-refractivity contribution is 0.981. The molecule has 0 saturated carbocycles. The van der Waals surface area contributed by atoms with Crippen molar-refractivity contribution in [2.75, 3.05) is 0 Å². The van der Waals surface area contributed by atoms with Crippen LogP contribution in [0, 0.1) is 0 Å². The molecule has 0 unspecified atom stereocenters. The van der Waals surface area contributed by atoms with Gasteiger partial charge in [0.25, 0.3) is 0 Å². The SMILES string of the molecule is ClCc1nc2ccc(Cl)cc2n1-c1ccc(Cl)c(Br)c1. The van der Waals surface area contributed by atoms with E-state index in [1.54, 1.807) is 0 Å². The van der Waals surface area contributed by atoms with E-state index in [2.05, 4.69) is 20.9 Å². The van der Waals surface area contributed by atoms with E-state index in [0.29, 0.717) is 15.9 Å². The molecule has 0 N–H and O–H groups in total. The summed E-state index contributed by atoms with van der Waals surface area (Å²) in [5.74, 6) is 1.07. The Labute approximate surface area is 139 Å². The number of halogens is 4. The zero-order valence-corrected chi connectivity index (χ0v) is 13.9. The van der Waals surface area contributed by atoms with Crippen molar-refractivity contribution in [1.82, 2.24) is 9.55 Å². The molecule has 0 atom stereocenters. The summed E-state index contributed by atoms with van der Waals surface area (Å²) < 4.78 is 2.80. The molecule has 0 spiro atoms. The van der Waals surface area contributed by atoms with Gasteiger partial charge in [-0.05, 0) is 52.3 Å². The average Bonchev–Trinajstić information content (AvgIpc) is 2.79. The third-order valence-corrected chi connectivity index (χ3v) is 4.65. The number of rotatable bonds is 2. The van der Waals surface area contributed by atoms with Gasteiger partial charge in [-0.25, -0.2) is 4.98 Å². The maximum absolute atomic E-state index is 6.08. The van der Waals surface area contributed by atoms with Gasteiger partial charge in [-0.15, -0.1) is 11.6 Å². The first-order chi connectivity index (χ1) is 9.60. The van der Waals surface area contributed by atoms with Gasteiger partial charge in [0, 0.05) is 15.2 Å². The average molecular weight is 390 g/mol. The van der Waals surface area contributed by atoms with Gasteiger partial charge in [0.2, 0.25) is 0 Å². The van der Waals surface area contributed by atoms with Crippen molar-refractivity contribution in [3.8, 4) is 5.69 Å². The lowest BCUT2D eigenvalue weighted by Crippen LogP contribution is -1.99. The molecule has 0 aliphatic heterocycles. The maximum Gasteiger partial charge on any atom is 0.129 e. The van der Waals surface area contributed by atoms with Crippen LogP contribution in [0.5, 0.6) is 0 Å². The number of aromatic nitrogens is 2. The van der Waals surface area contributed by atoms with Crippen LogP contribution in [0.1, 0.15) is 5.82 Å². The molecule has 1 heterocycles. The molecular formula is C14H8BrCl3N2. The standard InChI is InChI=1S/C14H8BrCl3N2/c15-10-6-9(2-3-11(10)18)20-13-5-8(17)1-4-12(13)19-14(20)7-16/h1-6H,7H2. The van der Waals surface area contributed by atoms with Gasteiger partial charge in [0.05, 0.1) is 21.9 Å². The molecule has 1 aromatic heterocycles. The predicted octanol–water partition coefficient (Wildman–Crippen LogP) is 5.83. The Morgan fingerprint density at radius 2 is 1.90 bits per heavy atom. The Bertz CT molecular complexity index is 798. The van der Waals surface area contributed by atoms with E-state index in [-0.39, 0.29) is 0 Å². The zero-order valence-electron chi connectivity index (χ0n) is 10.1. The van der Waals surface area contributed by atoms with Crippen molar-refractivity contribution >= 4 is 61.8 Å². The van der Waals surface area contributed by atoms with Crippen LogP contribution in [-0.4, -0.2) is 9.55 Å². The fourth-order valence-electron chi connectivity index (χ4n) is 2.10. The van der Waals surface area contributed by atoms with Crippen molar-refractivity contribution in [1.29, 1.82) is 0 Å². The van der Waals surface area contributed by atoms with E-state index in [1.807, 2.05) is 41.0 Å². The fraction of sp³-hybridized carbons (Fsp3) is 0.0714. The minimum Gasteiger partial charge on any atom is -0.295 e. The van der Waals surface area contributed by atoms with E-state index < -0.39 is 0 Å². The monoisotopic (exact) mass is 388 g/mol. The van der Waals surface area contributed by atoms with E-state index in [0.717, 1.165) is 27.0 Å². The Balaban J connectivity index is 2.32. The van der Waals surface area contributed by atoms with Gasteiger partial charge in [-0.1, -0.05) is 23.2 Å². The van der Waals surface area contributed by atoms with Crippen LogP contribution in [0.4, 0.5) is 0 Å². The van der Waals surface area contributed by atoms with Crippen LogP contribution >= 0.6 is 50.7 Å². The minimum absolute atomic E-state index is 0.312. The van der Waals surface area contributed by atoms with Crippen LogP contribution in [-0.2, 0) is 5.88 Å². The normalized spacial score (nSPS) is 11.2. The molecule has 3 aromatic rings. The van der Waals surface area contributed by atoms with Crippen LogP contribution < -0.4 is 0 Å². The molecule has 0 amide bonds. The third-order valence-electron chi connectivity index (χ3n) is 2.97. The summed E-state index contributed by atoms with van der Waals surface area (Å²) in [5, 5.41) is 1.32. The van der Waals surface area contributed by atoms with E-state index in [9.17, 15) is 0 Å². The van der Waals surface area contributed by atoms with E-state index in [1.165, 1.54) is 0 Å². The molecular weight excluding hydrogens is 382 g/mol. The van der Waals surface area contributed by atoms with Gasteiger partial charge >= 0.3 is 0 Å². The van der Waals surface area contributed by atoms with Gasteiger partial charge in [0.1, 0.15) is 5.82 Å². The van der Waals surface area contributed by atoms with Crippen LogP contribution in [0.2, 0.25) is 10.0 Å². The van der Waals surface area contributed by atoms with Crippen LogP contribution in [0.3, 0.4) is 0 Å². The van der Waals surface area contributed by atoms with Crippen molar-refractivity contribution in [2.45, 2.75) is 5.88 Å². The van der Waals surface area contributed by atoms with Gasteiger partial charge in [0.15, 0.2) is 0 Å². The second-order valence-electron chi connectivity index (χ2n) is 4.23. The molecule has 0 radical (unpaired) electrons. The number of alkyl halides is 1. The maximum atomic E-state index is 6.08. The topological polar surface area (TPSA) is 17.8 Å². The Morgan fingerprint density at radius 1 is 1.10 bits per heavy atom.